The highest BCUT2D eigenvalue weighted by atomic mass is 19.4. The quantitative estimate of drug-likeness (QED) is 0.526. The molecule has 1 atom stereocenters. The molecule has 9 heteroatoms. The fourth-order valence-corrected chi connectivity index (χ4v) is 4.46. The van der Waals surface area contributed by atoms with Crippen molar-refractivity contribution >= 4 is 5.91 Å². The van der Waals surface area contributed by atoms with Crippen LogP contribution in [0.2, 0.25) is 0 Å². The summed E-state index contributed by atoms with van der Waals surface area (Å²) in [6.07, 6.45) is -7.51. The molecule has 1 aliphatic rings. The lowest BCUT2D eigenvalue weighted by Gasteiger charge is -2.40. The first-order valence-corrected chi connectivity index (χ1v) is 10.7. The maximum atomic E-state index is 13.5. The van der Waals surface area contributed by atoms with Gasteiger partial charge in [0.2, 0.25) is 5.91 Å². The van der Waals surface area contributed by atoms with Crippen LogP contribution in [0.3, 0.4) is 0 Å². The Labute approximate surface area is 188 Å². The third-order valence-electron chi connectivity index (χ3n) is 6.51. The molecule has 0 aliphatic heterocycles. The van der Waals surface area contributed by atoms with Crippen molar-refractivity contribution < 1.29 is 31.1 Å². The fourth-order valence-electron chi connectivity index (χ4n) is 4.46. The first-order chi connectivity index (χ1) is 15.4. The van der Waals surface area contributed by atoms with Gasteiger partial charge in [0.1, 0.15) is 0 Å². The molecule has 180 valence electrons. The van der Waals surface area contributed by atoms with Gasteiger partial charge >= 0.3 is 12.4 Å². The van der Waals surface area contributed by atoms with Gasteiger partial charge in [-0.15, -0.1) is 0 Å². The molecule has 3 rings (SSSR count). The number of nitrogens with one attached hydrogen (secondary N) is 1. The second-order valence-electron chi connectivity index (χ2n) is 8.66. The van der Waals surface area contributed by atoms with E-state index >= 15 is 0 Å². The molecule has 1 amide bonds. The van der Waals surface area contributed by atoms with Crippen LogP contribution in [0.15, 0.2) is 48.5 Å². The van der Waals surface area contributed by atoms with Crippen LogP contribution in [0.4, 0.5) is 26.3 Å². The zero-order valence-electron chi connectivity index (χ0n) is 18.1. The minimum absolute atomic E-state index is 0.0809. The van der Waals surface area contributed by atoms with Gasteiger partial charge in [0, 0.05) is 0 Å². The first-order valence-electron chi connectivity index (χ1n) is 10.7. The van der Waals surface area contributed by atoms with Crippen LogP contribution < -0.4 is 11.1 Å². The van der Waals surface area contributed by atoms with Gasteiger partial charge in [0.25, 0.3) is 0 Å². The normalized spacial score (nSPS) is 22.6. The van der Waals surface area contributed by atoms with Gasteiger partial charge in [0.15, 0.2) is 0 Å². The van der Waals surface area contributed by atoms with Crippen LogP contribution in [-0.4, -0.2) is 12.5 Å². The molecule has 0 radical (unpaired) electrons. The molecule has 3 N–H and O–H groups in total. The summed E-state index contributed by atoms with van der Waals surface area (Å²) in [7, 11) is 0. The van der Waals surface area contributed by atoms with Gasteiger partial charge in [0.05, 0.1) is 22.6 Å². The molecule has 0 bridgehead atoms. The van der Waals surface area contributed by atoms with Crippen molar-refractivity contribution in [3.05, 3.63) is 70.8 Å². The van der Waals surface area contributed by atoms with E-state index in [-0.39, 0.29) is 17.5 Å². The topological polar surface area (TPSA) is 55.1 Å². The summed E-state index contributed by atoms with van der Waals surface area (Å²) in [5, 5.41) is 2.69. The summed E-state index contributed by atoms with van der Waals surface area (Å²) in [6, 6.07) is 9.37. The Bertz CT molecular complexity index is 931. The highest BCUT2D eigenvalue weighted by Crippen LogP contribution is 2.43. The lowest BCUT2D eigenvalue weighted by Crippen LogP contribution is -2.48. The largest absolute Gasteiger partial charge is 0.416 e. The minimum atomic E-state index is -4.95. The Hall–Kier alpha value is -2.55. The molecule has 2 aromatic rings. The second kappa shape index (κ2) is 9.37. The molecule has 1 aliphatic carbocycles. The SMILES string of the molecule is CC(NC(=O)C1(c2ccccc2)CCC(CN)CC1)c1cc(C(F)(F)F)cc(C(F)(F)F)c1. The van der Waals surface area contributed by atoms with Crippen molar-refractivity contribution in [2.24, 2.45) is 11.7 Å². The molecule has 0 aromatic heterocycles. The Morgan fingerprint density at radius 1 is 1.00 bits per heavy atom. The second-order valence-corrected chi connectivity index (χ2v) is 8.66. The number of carbonyl (C=O) groups excluding carboxylic acids is 1. The molecule has 3 nitrogen and oxygen atoms in total. The number of carbonyl (C=O) groups is 1. The van der Waals surface area contributed by atoms with Gasteiger partial charge in [-0.2, -0.15) is 26.3 Å². The van der Waals surface area contributed by atoms with Gasteiger partial charge in [-0.3, -0.25) is 4.79 Å². The predicted molar refractivity (Wildman–Crippen MR) is 112 cm³/mol. The summed E-state index contributed by atoms with van der Waals surface area (Å²) in [4.78, 5) is 13.5. The fraction of sp³-hybridized carbons (Fsp3) is 0.458. The van der Waals surface area contributed by atoms with Crippen molar-refractivity contribution in [2.75, 3.05) is 6.54 Å². The smallest absolute Gasteiger partial charge is 0.349 e. The van der Waals surface area contributed by atoms with E-state index in [1.54, 1.807) is 12.1 Å². The molecule has 1 unspecified atom stereocenters. The number of hydrogen-bond donors (Lipinski definition) is 2. The van der Waals surface area contributed by atoms with Crippen molar-refractivity contribution in [3.8, 4) is 0 Å². The summed E-state index contributed by atoms with van der Waals surface area (Å²) >= 11 is 0. The first kappa shape index (κ1) is 25.1. The van der Waals surface area contributed by atoms with Crippen LogP contribution in [-0.2, 0) is 22.6 Å². The maximum absolute atomic E-state index is 13.5. The third kappa shape index (κ3) is 5.51. The molecular weight excluding hydrogens is 446 g/mol. The zero-order chi connectivity index (χ0) is 24.4. The third-order valence-corrected chi connectivity index (χ3v) is 6.51. The van der Waals surface area contributed by atoms with Crippen LogP contribution in [0, 0.1) is 5.92 Å². The molecular formula is C24H26F6N2O. The van der Waals surface area contributed by atoms with Crippen LogP contribution in [0.1, 0.15) is 60.9 Å². The Kier molecular flexibility index (Phi) is 7.12. The predicted octanol–water partition coefficient (Wildman–Crippen LogP) is 5.99. The number of alkyl halides is 6. The Morgan fingerprint density at radius 2 is 1.52 bits per heavy atom. The van der Waals surface area contributed by atoms with Crippen molar-refractivity contribution in [2.45, 2.75) is 56.4 Å². The summed E-state index contributed by atoms with van der Waals surface area (Å²) in [5.41, 5.74) is 2.55. The van der Waals surface area contributed by atoms with E-state index in [0.717, 1.165) is 5.56 Å². The highest BCUT2D eigenvalue weighted by molar-refractivity contribution is 5.88. The number of rotatable bonds is 5. The van der Waals surface area contributed by atoms with E-state index in [1.165, 1.54) is 6.92 Å². The molecule has 1 fully saturated rings. The molecule has 0 heterocycles. The van der Waals surface area contributed by atoms with Gasteiger partial charge in [-0.25, -0.2) is 0 Å². The van der Waals surface area contributed by atoms with Crippen LogP contribution in [0.25, 0.3) is 0 Å². The van der Waals surface area contributed by atoms with E-state index in [2.05, 4.69) is 5.32 Å². The van der Waals surface area contributed by atoms with Gasteiger partial charge in [-0.1, -0.05) is 30.3 Å². The monoisotopic (exact) mass is 472 g/mol. The minimum Gasteiger partial charge on any atom is -0.349 e. The van der Waals surface area contributed by atoms with Gasteiger partial charge < -0.3 is 11.1 Å². The van der Waals surface area contributed by atoms with Crippen LogP contribution in [0.5, 0.6) is 0 Å². The van der Waals surface area contributed by atoms with Crippen molar-refractivity contribution in [1.82, 2.24) is 5.32 Å². The number of halogens is 6. The van der Waals surface area contributed by atoms with E-state index in [4.69, 9.17) is 5.73 Å². The van der Waals surface area contributed by atoms with Crippen molar-refractivity contribution in [1.29, 1.82) is 0 Å². The van der Waals surface area contributed by atoms with Crippen LogP contribution >= 0.6 is 0 Å². The molecule has 33 heavy (non-hydrogen) atoms. The lowest BCUT2D eigenvalue weighted by atomic mass is 9.66. The Balaban J connectivity index is 1.94. The summed E-state index contributed by atoms with van der Waals surface area (Å²) < 4.78 is 79.4. The van der Waals surface area contributed by atoms with E-state index in [1.807, 2.05) is 18.2 Å². The van der Waals surface area contributed by atoms with E-state index in [9.17, 15) is 31.1 Å². The highest BCUT2D eigenvalue weighted by Gasteiger charge is 2.44. The summed E-state index contributed by atoms with van der Waals surface area (Å²) in [5.74, 6) is -0.146. The average Bonchev–Trinajstić information content (AvgIpc) is 2.78. The molecule has 1 saturated carbocycles. The van der Waals surface area contributed by atoms with E-state index < -0.39 is 40.8 Å². The van der Waals surface area contributed by atoms with Crippen molar-refractivity contribution in [3.63, 3.8) is 0 Å². The summed E-state index contributed by atoms with van der Waals surface area (Å²) in [6.45, 7) is 1.88. The average molecular weight is 472 g/mol. The number of nitrogens with two attached hydrogens (primary N) is 1. The molecule has 0 saturated heterocycles. The maximum Gasteiger partial charge on any atom is 0.416 e. The van der Waals surface area contributed by atoms with E-state index in [0.29, 0.717) is 44.4 Å². The standard InChI is InChI=1S/C24H26F6N2O/c1-15(17-11-19(23(25,26)27)13-20(12-17)24(28,29)30)32-21(33)22(18-5-3-2-4-6-18)9-7-16(14-31)8-10-22/h2-6,11-13,15-16H,7-10,14,31H2,1H3,(H,32,33). The number of amides is 1. The number of benzene rings is 2. The number of hydrogen-bond acceptors (Lipinski definition) is 2. The molecule has 0 spiro atoms. The zero-order valence-corrected chi connectivity index (χ0v) is 18.1. The molecule has 2 aromatic carbocycles. The Morgan fingerprint density at radius 3 is 1.97 bits per heavy atom. The lowest BCUT2D eigenvalue weighted by molar-refractivity contribution is -0.143. The van der Waals surface area contributed by atoms with Gasteiger partial charge in [-0.05, 0) is 74.4 Å².